The van der Waals surface area contributed by atoms with Gasteiger partial charge in [-0.1, -0.05) is 6.92 Å². The van der Waals surface area contributed by atoms with E-state index in [1.165, 1.54) is 29.4 Å². The standard InChI is InChI=1S/C20H21F2N3O2S/c1-4-28-17-7-12(11-5-6-11)10-24(2)18(17)19-23-13-8-15-16(9-14(13)25(19)3)27-20(21,22)26-15/h7-9,11H,4-6,10H2,1-3H3. The van der Waals surface area contributed by atoms with Crippen LogP contribution in [0, 0.1) is 5.92 Å². The van der Waals surface area contributed by atoms with E-state index in [0.29, 0.717) is 5.52 Å². The van der Waals surface area contributed by atoms with Gasteiger partial charge in [0.2, 0.25) is 0 Å². The second-order valence-corrected chi connectivity index (χ2v) is 8.75. The van der Waals surface area contributed by atoms with E-state index in [0.717, 1.165) is 35.3 Å². The zero-order valence-corrected chi connectivity index (χ0v) is 16.8. The summed E-state index contributed by atoms with van der Waals surface area (Å²) in [4.78, 5) is 8.23. The monoisotopic (exact) mass is 405 g/mol. The van der Waals surface area contributed by atoms with Crippen LogP contribution in [0.2, 0.25) is 0 Å². The van der Waals surface area contributed by atoms with Crippen molar-refractivity contribution < 1.29 is 18.3 Å². The van der Waals surface area contributed by atoms with Gasteiger partial charge in [-0.3, -0.25) is 0 Å². The number of hydrogen-bond acceptors (Lipinski definition) is 5. The Balaban J connectivity index is 1.64. The number of thioether (sulfide) groups is 1. The number of halogens is 2. The number of nitrogens with zero attached hydrogens (tertiary/aromatic N) is 3. The number of aromatic nitrogens is 2. The first-order valence-electron chi connectivity index (χ1n) is 9.41. The van der Waals surface area contributed by atoms with Crippen molar-refractivity contribution in [1.29, 1.82) is 0 Å². The molecule has 8 heteroatoms. The molecule has 1 aromatic carbocycles. The predicted molar refractivity (Wildman–Crippen MR) is 105 cm³/mol. The third-order valence-electron chi connectivity index (χ3n) is 5.37. The van der Waals surface area contributed by atoms with Gasteiger partial charge in [-0.2, -0.15) is 0 Å². The number of likely N-dealkylation sites (N-methyl/N-ethyl adjacent to an activating group) is 1. The third kappa shape index (κ3) is 2.85. The number of benzene rings is 1. The van der Waals surface area contributed by atoms with Gasteiger partial charge in [-0.05, 0) is 36.2 Å². The first-order chi connectivity index (χ1) is 13.4. The second kappa shape index (κ2) is 6.14. The van der Waals surface area contributed by atoms with E-state index in [4.69, 9.17) is 4.98 Å². The summed E-state index contributed by atoms with van der Waals surface area (Å²) in [7, 11) is 3.99. The average molecular weight is 405 g/mol. The molecule has 1 saturated carbocycles. The molecule has 5 rings (SSSR count). The largest absolute Gasteiger partial charge is 0.586 e. The van der Waals surface area contributed by atoms with Crippen LogP contribution in [0.5, 0.6) is 11.5 Å². The van der Waals surface area contributed by atoms with E-state index in [9.17, 15) is 8.78 Å². The molecule has 0 bridgehead atoms. The number of hydrogen-bond donors (Lipinski definition) is 0. The van der Waals surface area contributed by atoms with Crippen molar-refractivity contribution >= 4 is 28.5 Å². The van der Waals surface area contributed by atoms with Crippen LogP contribution in [0.15, 0.2) is 28.7 Å². The summed E-state index contributed by atoms with van der Waals surface area (Å²) in [6.45, 7) is 3.04. The Kier molecular flexibility index (Phi) is 3.91. The molecule has 1 aromatic heterocycles. The lowest BCUT2D eigenvalue weighted by Gasteiger charge is -2.30. The summed E-state index contributed by atoms with van der Waals surface area (Å²) < 4.78 is 37.9. The van der Waals surface area contributed by atoms with E-state index in [1.54, 1.807) is 6.07 Å². The van der Waals surface area contributed by atoms with Gasteiger partial charge >= 0.3 is 6.29 Å². The number of fused-ring (bicyclic) bond motifs is 2. The van der Waals surface area contributed by atoms with E-state index >= 15 is 0 Å². The van der Waals surface area contributed by atoms with Crippen molar-refractivity contribution in [3.05, 3.63) is 34.5 Å². The highest BCUT2D eigenvalue weighted by atomic mass is 32.2. The van der Waals surface area contributed by atoms with Crippen molar-refractivity contribution in [3.8, 4) is 11.5 Å². The maximum Gasteiger partial charge on any atom is 0.586 e. The lowest BCUT2D eigenvalue weighted by molar-refractivity contribution is -0.286. The molecule has 2 aliphatic heterocycles. The third-order valence-corrected chi connectivity index (χ3v) is 6.28. The molecule has 0 unspecified atom stereocenters. The molecule has 0 radical (unpaired) electrons. The predicted octanol–water partition coefficient (Wildman–Crippen LogP) is 4.60. The molecule has 0 saturated heterocycles. The molecule has 0 N–H and O–H groups in total. The van der Waals surface area contributed by atoms with Crippen molar-refractivity contribution in [3.63, 3.8) is 0 Å². The zero-order valence-electron chi connectivity index (χ0n) is 16.0. The molecule has 1 fully saturated rings. The molecule has 0 spiro atoms. The molecule has 0 amide bonds. The Morgan fingerprint density at radius 2 is 1.93 bits per heavy atom. The van der Waals surface area contributed by atoms with E-state index in [1.807, 2.05) is 23.4 Å². The van der Waals surface area contributed by atoms with Crippen LogP contribution < -0.4 is 9.47 Å². The van der Waals surface area contributed by atoms with Gasteiger partial charge in [0.25, 0.3) is 0 Å². The Morgan fingerprint density at radius 3 is 2.61 bits per heavy atom. The maximum atomic E-state index is 13.4. The number of rotatable bonds is 4. The van der Waals surface area contributed by atoms with Gasteiger partial charge in [0.15, 0.2) is 17.3 Å². The Morgan fingerprint density at radius 1 is 1.21 bits per heavy atom. The van der Waals surface area contributed by atoms with Gasteiger partial charge in [-0.25, -0.2) is 4.98 Å². The van der Waals surface area contributed by atoms with Crippen LogP contribution in [-0.2, 0) is 7.05 Å². The van der Waals surface area contributed by atoms with Crippen LogP contribution in [-0.4, -0.2) is 40.1 Å². The molecule has 3 heterocycles. The second-order valence-electron chi connectivity index (χ2n) is 7.45. The summed E-state index contributed by atoms with van der Waals surface area (Å²) in [6.07, 6.45) is 1.26. The van der Waals surface area contributed by atoms with Crippen LogP contribution in [0.3, 0.4) is 0 Å². The summed E-state index contributed by atoms with van der Waals surface area (Å²) in [6, 6.07) is 3.10. The number of aryl methyl sites for hydroxylation is 1. The number of ether oxygens (including phenoxy) is 2. The van der Waals surface area contributed by atoms with Gasteiger partial charge in [0, 0.05) is 37.7 Å². The van der Waals surface area contributed by atoms with Gasteiger partial charge in [0.1, 0.15) is 0 Å². The van der Waals surface area contributed by atoms with Crippen molar-refractivity contribution in [2.24, 2.45) is 13.0 Å². The molecular weight excluding hydrogens is 384 g/mol. The lowest BCUT2D eigenvalue weighted by Crippen LogP contribution is -2.26. The fraction of sp³-hybridized carbons (Fsp3) is 0.450. The van der Waals surface area contributed by atoms with Crippen LogP contribution >= 0.6 is 11.8 Å². The minimum atomic E-state index is -3.62. The quantitative estimate of drug-likeness (QED) is 0.744. The SMILES string of the molecule is CCSC1=C(c2nc3cc4c(cc3n2C)OC(F)(F)O4)N(C)CC(C2CC2)=C1. The summed E-state index contributed by atoms with van der Waals surface area (Å²) in [5.74, 6) is 2.56. The highest BCUT2D eigenvalue weighted by Crippen LogP contribution is 2.45. The summed E-state index contributed by atoms with van der Waals surface area (Å²) in [5, 5.41) is 0. The van der Waals surface area contributed by atoms with Gasteiger partial charge in [-0.15, -0.1) is 20.5 Å². The van der Waals surface area contributed by atoms with Crippen LogP contribution in [0.1, 0.15) is 25.6 Å². The highest BCUT2D eigenvalue weighted by Gasteiger charge is 2.44. The highest BCUT2D eigenvalue weighted by molar-refractivity contribution is 8.03. The van der Waals surface area contributed by atoms with Crippen molar-refractivity contribution in [1.82, 2.24) is 14.5 Å². The van der Waals surface area contributed by atoms with Gasteiger partial charge < -0.3 is 18.9 Å². The smallest absolute Gasteiger partial charge is 0.395 e. The van der Waals surface area contributed by atoms with Crippen molar-refractivity contribution in [2.75, 3.05) is 19.3 Å². The number of alkyl halides is 2. The minimum absolute atomic E-state index is 0.0206. The van der Waals surface area contributed by atoms with Crippen LogP contribution in [0.4, 0.5) is 8.78 Å². The minimum Gasteiger partial charge on any atom is -0.395 e. The molecule has 1 aliphatic carbocycles. The molecule has 3 aliphatic rings. The molecular formula is C20H21F2N3O2S. The molecule has 2 aromatic rings. The normalized spacial score (nSPS) is 20.9. The molecule has 28 heavy (non-hydrogen) atoms. The fourth-order valence-electron chi connectivity index (χ4n) is 3.92. The summed E-state index contributed by atoms with van der Waals surface area (Å²) >= 11 is 1.81. The Hall–Kier alpha value is -2.22. The average Bonchev–Trinajstić information content (AvgIpc) is 3.36. The molecule has 0 atom stereocenters. The lowest BCUT2D eigenvalue weighted by atomic mass is 10.1. The topological polar surface area (TPSA) is 39.5 Å². The van der Waals surface area contributed by atoms with E-state index in [2.05, 4.69) is 34.4 Å². The summed E-state index contributed by atoms with van der Waals surface area (Å²) in [5.41, 5.74) is 3.90. The number of imidazole rings is 1. The Bertz CT molecular complexity index is 1040. The first kappa shape index (κ1) is 17.8. The fourth-order valence-corrected chi connectivity index (χ4v) is 4.85. The van der Waals surface area contributed by atoms with E-state index in [-0.39, 0.29) is 11.5 Å². The number of allylic oxidation sites excluding steroid dienone is 1. The van der Waals surface area contributed by atoms with Gasteiger partial charge in [0.05, 0.1) is 16.7 Å². The molecule has 5 nitrogen and oxygen atoms in total. The molecule has 148 valence electrons. The van der Waals surface area contributed by atoms with Crippen molar-refractivity contribution in [2.45, 2.75) is 26.1 Å². The van der Waals surface area contributed by atoms with E-state index < -0.39 is 6.29 Å². The Labute approximate surface area is 166 Å². The zero-order chi connectivity index (χ0) is 19.6. The maximum absolute atomic E-state index is 13.4. The van der Waals surface area contributed by atoms with Crippen LogP contribution in [0.25, 0.3) is 16.7 Å². The first-order valence-corrected chi connectivity index (χ1v) is 10.4.